The molecule has 2 amide bonds. The summed E-state index contributed by atoms with van der Waals surface area (Å²) in [6.45, 7) is 1.15. The molecule has 1 aromatic heterocycles. The van der Waals surface area contributed by atoms with Crippen LogP contribution in [0.15, 0.2) is 18.2 Å². The number of carbonyl (C=O) groups excluding carboxylic acids is 2. The van der Waals surface area contributed by atoms with E-state index in [0.29, 0.717) is 44.0 Å². The van der Waals surface area contributed by atoms with Crippen molar-refractivity contribution in [2.24, 2.45) is 0 Å². The lowest BCUT2D eigenvalue weighted by molar-refractivity contribution is 0.0121. The number of ether oxygens (including phenoxy) is 4. The lowest BCUT2D eigenvalue weighted by Crippen LogP contribution is -2.31. The van der Waals surface area contributed by atoms with Crippen LogP contribution in [0.5, 0.6) is 17.4 Å². The first-order chi connectivity index (χ1) is 17.2. The first-order valence-electron chi connectivity index (χ1n) is 11.3. The summed E-state index contributed by atoms with van der Waals surface area (Å²) in [6.07, 6.45) is 1.20. The number of hydrogen-bond acceptors (Lipinski definition) is 9. The molecule has 1 saturated heterocycles. The molecule has 1 fully saturated rings. The summed E-state index contributed by atoms with van der Waals surface area (Å²) in [4.78, 5) is 26.4. The molecule has 0 saturated carbocycles. The number of unbranched alkanes of at least 4 members (excludes halogenated alkanes) is 1. The van der Waals surface area contributed by atoms with Gasteiger partial charge >= 0.3 is 12.0 Å². The van der Waals surface area contributed by atoms with Crippen molar-refractivity contribution in [3.05, 3.63) is 29.3 Å². The van der Waals surface area contributed by atoms with Gasteiger partial charge in [0, 0.05) is 25.6 Å². The maximum absolute atomic E-state index is 13.2. The molecule has 0 unspecified atom stereocenters. The first kappa shape index (κ1) is 27.4. The fourth-order valence-electron chi connectivity index (χ4n) is 3.65. The summed E-state index contributed by atoms with van der Waals surface area (Å²) in [7, 11) is 4.29. The Labute approximate surface area is 212 Å². The van der Waals surface area contributed by atoms with Crippen molar-refractivity contribution in [3.8, 4) is 17.4 Å². The number of esters is 1. The van der Waals surface area contributed by atoms with Gasteiger partial charge in [-0.3, -0.25) is 10.2 Å². The Kier molecular flexibility index (Phi) is 9.65. The van der Waals surface area contributed by atoms with Crippen LogP contribution in [0.4, 0.5) is 18.6 Å². The first-order valence-corrected chi connectivity index (χ1v) is 12.1. The minimum Gasteiger partial charge on any atom is -0.497 e. The molecular weight excluding hydrogens is 498 g/mol. The second kappa shape index (κ2) is 12.7. The number of nitrogens with one attached hydrogen (secondary N) is 2. The van der Waals surface area contributed by atoms with Gasteiger partial charge < -0.3 is 24.3 Å². The van der Waals surface area contributed by atoms with E-state index in [1.165, 1.54) is 21.3 Å². The van der Waals surface area contributed by atoms with Crippen molar-refractivity contribution in [1.82, 2.24) is 14.6 Å². The Morgan fingerprint density at radius 1 is 1.14 bits per heavy atom. The van der Waals surface area contributed by atoms with Gasteiger partial charge in [-0.1, -0.05) is 0 Å². The Morgan fingerprint density at radius 3 is 2.47 bits per heavy atom. The molecule has 2 N–H and O–H groups in total. The van der Waals surface area contributed by atoms with Crippen LogP contribution in [-0.2, 0) is 11.3 Å². The fraction of sp³-hybridized carbons (Fsp3) is 0.522. The van der Waals surface area contributed by atoms with Crippen molar-refractivity contribution in [3.63, 3.8) is 0 Å². The predicted molar refractivity (Wildman–Crippen MR) is 130 cm³/mol. The molecule has 0 atom stereocenters. The molecule has 36 heavy (non-hydrogen) atoms. The third-order valence-corrected chi connectivity index (χ3v) is 6.25. The lowest BCUT2D eigenvalue weighted by Gasteiger charge is -2.15. The highest BCUT2D eigenvalue weighted by Crippen LogP contribution is 2.32. The van der Waals surface area contributed by atoms with Crippen LogP contribution >= 0.6 is 11.5 Å². The normalized spacial score (nSPS) is 14.8. The van der Waals surface area contributed by atoms with E-state index >= 15 is 0 Å². The summed E-state index contributed by atoms with van der Waals surface area (Å²) in [5, 5.41) is 5.47. The molecule has 10 nitrogen and oxygen atoms in total. The maximum Gasteiger partial charge on any atom is 0.346 e. The molecule has 0 radical (unpaired) electrons. The third-order valence-electron chi connectivity index (χ3n) is 5.50. The number of carbonyl (C=O) groups is 2. The molecule has 1 aromatic carbocycles. The number of rotatable bonds is 12. The highest BCUT2D eigenvalue weighted by molar-refractivity contribution is 7.11. The molecule has 2 heterocycles. The molecule has 198 valence electrons. The van der Waals surface area contributed by atoms with Gasteiger partial charge in [-0.2, -0.15) is 4.37 Å². The van der Waals surface area contributed by atoms with E-state index in [-0.39, 0.29) is 36.0 Å². The zero-order chi connectivity index (χ0) is 26.1. The zero-order valence-electron chi connectivity index (χ0n) is 20.4. The molecule has 0 aliphatic carbocycles. The van der Waals surface area contributed by atoms with Gasteiger partial charge in [-0.05, 0) is 48.6 Å². The van der Waals surface area contributed by atoms with Gasteiger partial charge in [0.25, 0.3) is 5.92 Å². The van der Waals surface area contributed by atoms with Crippen LogP contribution in [0.3, 0.4) is 0 Å². The van der Waals surface area contributed by atoms with Gasteiger partial charge in [-0.25, -0.2) is 18.4 Å². The molecule has 0 bridgehead atoms. The van der Waals surface area contributed by atoms with E-state index in [9.17, 15) is 18.4 Å². The molecule has 0 spiro atoms. The average Bonchev–Trinajstić information content (AvgIpc) is 3.43. The maximum atomic E-state index is 13.2. The van der Waals surface area contributed by atoms with Gasteiger partial charge in [0.1, 0.15) is 23.1 Å². The van der Waals surface area contributed by atoms with Crippen molar-refractivity contribution < 1.29 is 37.3 Å². The second-order valence-electron chi connectivity index (χ2n) is 8.16. The minimum atomic E-state index is -2.60. The van der Waals surface area contributed by atoms with Crippen LogP contribution in [-0.4, -0.2) is 74.7 Å². The van der Waals surface area contributed by atoms with Gasteiger partial charge in [0.15, 0.2) is 5.56 Å². The average molecular weight is 529 g/mol. The monoisotopic (exact) mass is 528 g/mol. The van der Waals surface area contributed by atoms with Crippen molar-refractivity contribution in [2.75, 3.05) is 52.8 Å². The van der Waals surface area contributed by atoms with E-state index in [0.717, 1.165) is 17.1 Å². The van der Waals surface area contributed by atoms with Crippen molar-refractivity contribution in [1.29, 1.82) is 0 Å². The molecule has 13 heteroatoms. The SMILES string of the molecule is COC(=O)c1c(OCc2cc(OC)cc(OC)c2)nsc1NC(=O)NCCCCN1CCC(F)(F)C1. The smallest absolute Gasteiger partial charge is 0.346 e. The Balaban J connectivity index is 1.52. The topological polar surface area (TPSA) is 111 Å². The standard InChI is InChI=1S/C23H30F2N4O6S/c1-32-16-10-15(11-17(12-16)33-2)13-35-19-18(21(30)34-3)20(36-28-19)27-22(31)26-7-4-5-8-29-9-6-23(24,25)14-29/h10-12H,4-9,13-14H2,1-3H3,(H2,26,27,31). The van der Waals surface area contributed by atoms with E-state index in [1.807, 2.05) is 0 Å². The van der Waals surface area contributed by atoms with E-state index in [2.05, 4.69) is 15.0 Å². The molecule has 3 rings (SSSR count). The zero-order valence-corrected chi connectivity index (χ0v) is 21.2. The van der Waals surface area contributed by atoms with Crippen LogP contribution in [0.2, 0.25) is 0 Å². The van der Waals surface area contributed by atoms with Gasteiger partial charge in [0.2, 0.25) is 5.88 Å². The van der Waals surface area contributed by atoms with Crippen molar-refractivity contribution >= 4 is 28.5 Å². The quantitative estimate of drug-likeness (QED) is 0.316. The molecule has 2 aromatic rings. The number of methoxy groups -OCH3 is 3. The fourth-order valence-corrected chi connectivity index (χ4v) is 4.37. The van der Waals surface area contributed by atoms with Gasteiger partial charge in [0.05, 0.1) is 27.9 Å². The summed E-state index contributed by atoms with van der Waals surface area (Å²) in [5.74, 6) is -2.13. The largest absolute Gasteiger partial charge is 0.497 e. The van der Waals surface area contributed by atoms with E-state index in [4.69, 9.17) is 18.9 Å². The van der Waals surface area contributed by atoms with Crippen LogP contribution in [0.25, 0.3) is 0 Å². The number of alkyl halides is 2. The van der Waals surface area contributed by atoms with Crippen LogP contribution in [0.1, 0.15) is 35.2 Å². The summed E-state index contributed by atoms with van der Waals surface area (Å²) < 4.78 is 51.7. The van der Waals surface area contributed by atoms with Crippen molar-refractivity contribution in [2.45, 2.75) is 31.8 Å². The van der Waals surface area contributed by atoms with Crippen LogP contribution in [0, 0.1) is 0 Å². The number of likely N-dealkylation sites (tertiary alicyclic amines) is 1. The minimum absolute atomic E-state index is 0.00229. The second-order valence-corrected chi connectivity index (χ2v) is 8.94. The summed E-state index contributed by atoms with van der Waals surface area (Å²) in [6, 6.07) is 4.71. The van der Waals surface area contributed by atoms with E-state index in [1.54, 1.807) is 23.1 Å². The molecular formula is C23H30F2N4O6S. The number of halogens is 2. The summed E-state index contributed by atoms with van der Waals surface area (Å²) in [5.41, 5.74) is 0.724. The Bertz CT molecular complexity index is 1030. The number of benzene rings is 1. The van der Waals surface area contributed by atoms with Crippen LogP contribution < -0.4 is 24.8 Å². The number of nitrogens with zero attached hydrogens (tertiary/aromatic N) is 2. The van der Waals surface area contributed by atoms with E-state index < -0.39 is 17.9 Å². The number of amides is 2. The highest BCUT2D eigenvalue weighted by Gasteiger charge is 2.37. The summed E-state index contributed by atoms with van der Waals surface area (Å²) >= 11 is 0.884. The lowest BCUT2D eigenvalue weighted by atomic mass is 10.2. The number of urea groups is 1. The Morgan fingerprint density at radius 2 is 1.86 bits per heavy atom. The Hall–Kier alpha value is -3.19. The highest BCUT2D eigenvalue weighted by atomic mass is 32.1. The molecule has 1 aliphatic rings. The van der Waals surface area contributed by atoms with Gasteiger partial charge in [-0.15, -0.1) is 0 Å². The number of hydrogen-bond donors (Lipinski definition) is 2. The predicted octanol–water partition coefficient (Wildman–Crippen LogP) is 3.77. The molecule has 1 aliphatic heterocycles. The number of aromatic nitrogens is 1. The third kappa shape index (κ3) is 7.65. The number of anilines is 1.